The maximum atomic E-state index is 14.6. The molecule has 3 aromatic rings. The molecule has 152 valence electrons. The van der Waals surface area contributed by atoms with E-state index in [1.54, 1.807) is 6.92 Å². The number of hydrogen-bond donors (Lipinski definition) is 0. The molecule has 0 radical (unpaired) electrons. The van der Waals surface area contributed by atoms with E-state index < -0.39 is 51.5 Å². The van der Waals surface area contributed by atoms with Gasteiger partial charge in [-0.3, -0.25) is 4.79 Å². The fourth-order valence-corrected chi connectivity index (χ4v) is 2.64. The zero-order chi connectivity index (χ0) is 21.3. The molecular formula is C19H13F6N3O. The Kier molecular flexibility index (Phi) is 5.45. The van der Waals surface area contributed by atoms with Gasteiger partial charge in [0.1, 0.15) is 0 Å². The lowest BCUT2D eigenvalue weighted by molar-refractivity contribution is -0.138. The standard InChI is InChI=1S/C19H13F6N3O/c1-2-12(20)4-6-28-5-3-10-7-13(15(21)16(22)14(10)18(28)29)17-26-8-11(9-27-17)19(23,24)25/h3-5,7-9H,2,6H2,1H3/b12-4-. The molecule has 10 heteroatoms. The summed E-state index contributed by atoms with van der Waals surface area (Å²) in [7, 11) is 0. The Labute approximate surface area is 160 Å². The van der Waals surface area contributed by atoms with Gasteiger partial charge in [0.05, 0.1) is 22.3 Å². The average molecular weight is 413 g/mol. The summed E-state index contributed by atoms with van der Waals surface area (Å²) in [5.74, 6) is -3.88. The molecule has 2 aromatic heterocycles. The van der Waals surface area contributed by atoms with Crippen molar-refractivity contribution in [2.24, 2.45) is 0 Å². The van der Waals surface area contributed by atoms with Gasteiger partial charge in [-0.2, -0.15) is 13.2 Å². The van der Waals surface area contributed by atoms with Gasteiger partial charge in [0.15, 0.2) is 17.5 Å². The minimum absolute atomic E-state index is 0.00332. The third-order valence-electron chi connectivity index (χ3n) is 4.21. The van der Waals surface area contributed by atoms with Gasteiger partial charge in [0, 0.05) is 25.1 Å². The maximum Gasteiger partial charge on any atom is 0.419 e. The van der Waals surface area contributed by atoms with E-state index in [-0.39, 0.29) is 18.4 Å². The van der Waals surface area contributed by atoms with Crippen LogP contribution in [-0.2, 0) is 12.7 Å². The van der Waals surface area contributed by atoms with Crippen LogP contribution in [0.1, 0.15) is 18.9 Å². The predicted molar refractivity (Wildman–Crippen MR) is 93.6 cm³/mol. The van der Waals surface area contributed by atoms with Crippen molar-refractivity contribution in [2.75, 3.05) is 0 Å². The van der Waals surface area contributed by atoms with Gasteiger partial charge < -0.3 is 4.57 Å². The number of halogens is 6. The lowest BCUT2D eigenvalue weighted by Crippen LogP contribution is -2.20. The highest BCUT2D eigenvalue weighted by molar-refractivity contribution is 5.86. The minimum atomic E-state index is -4.68. The number of pyridine rings is 1. The van der Waals surface area contributed by atoms with Crippen molar-refractivity contribution in [3.63, 3.8) is 0 Å². The van der Waals surface area contributed by atoms with Gasteiger partial charge in [-0.05, 0) is 30.0 Å². The van der Waals surface area contributed by atoms with Gasteiger partial charge in [0.2, 0.25) is 0 Å². The highest BCUT2D eigenvalue weighted by atomic mass is 19.4. The molecule has 4 nitrogen and oxygen atoms in total. The van der Waals surface area contributed by atoms with Crippen LogP contribution >= 0.6 is 0 Å². The molecule has 0 saturated carbocycles. The van der Waals surface area contributed by atoms with Crippen LogP contribution in [0.2, 0.25) is 0 Å². The van der Waals surface area contributed by atoms with Crippen molar-refractivity contribution in [3.05, 3.63) is 70.2 Å². The maximum absolute atomic E-state index is 14.6. The molecule has 2 heterocycles. The van der Waals surface area contributed by atoms with Gasteiger partial charge in [-0.25, -0.2) is 23.1 Å². The molecule has 0 aliphatic rings. The number of benzene rings is 1. The lowest BCUT2D eigenvalue weighted by Gasteiger charge is -2.10. The molecule has 0 aliphatic heterocycles. The van der Waals surface area contributed by atoms with Gasteiger partial charge in [-0.15, -0.1) is 0 Å². The summed E-state index contributed by atoms with van der Waals surface area (Å²) in [5, 5.41) is -0.561. The van der Waals surface area contributed by atoms with Crippen molar-refractivity contribution in [1.29, 1.82) is 0 Å². The van der Waals surface area contributed by atoms with Crippen molar-refractivity contribution >= 4 is 10.8 Å². The second kappa shape index (κ2) is 7.69. The van der Waals surface area contributed by atoms with E-state index in [0.717, 1.165) is 16.7 Å². The number of allylic oxidation sites excluding steroid dienone is 2. The highest BCUT2D eigenvalue weighted by Gasteiger charge is 2.31. The smallest absolute Gasteiger partial charge is 0.311 e. The molecule has 0 spiro atoms. The van der Waals surface area contributed by atoms with E-state index >= 15 is 0 Å². The van der Waals surface area contributed by atoms with Crippen molar-refractivity contribution in [3.8, 4) is 11.4 Å². The van der Waals surface area contributed by atoms with Crippen molar-refractivity contribution in [2.45, 2.75) is 26.1 Å². The summed E-state index contributed by atoms with van der Waals surface area (Å²) in [6.45, 7) is 1.41. The summed E-state index contributed by atoms with van der Waals surface area (Å²) >= 11 is 0. The summed E-state index contributed by atoms with van der Waals surface area (Å²) in [4.78, 5) is 19.4. The number of aromatic nitrogens is 3. The van der Waals surface area contributed by atoms with Gasteiger partial charge in [-0.1, -0.05) is 6.92 Å². The van der Waals surface area contributed by atoms with Gasteiger partial charge >= 0.3 is 6.18 Å². The van der Waals surface area contributed by atoms with E-state index in [1.807, 2.05) is 0 Å². The molecule has 0 unspecified atom stereocenters. The molecular weight excluding hydrogens is 400 g/mol. The van der Waals surface area contributed by atoms with Crippen LogP contribution in [0.4, 0.5) is 26.3 Å². The van der Waals surface area contributed by atoms with E-state index in [1.165, 1.54) is 12.3 Å². The first-order valence-corrected chi connectivity index (χ1v) is 8.38. The van der Waals surface area contributed by atoms with Crippen LogP contribution in [-0.4, -0.2) is 14.5 Å². The molecule has 0 bridgehead atoms. The van der Waals surface area contributed by atoms with Crippen LogP contribution in [0.3, 0.4) is 0 Å². The first kappa shape index (κ1) is 20.6. The lowest BCUT2D eigenvalue weighted by atomic mass is 10.1. The summed E-state index contributed by atoms with van der Waals surface area (Å²) in [6, 6.07) is 2.38. The number of rotatable bonds is 4. The van der Waals surface area contributed by atoms with E-state index in [4.69, 9.17) is 0 Å². The van der Waals surface area contributed by atoms with Crippen molar-refractivity contribution < 1.29 is 26.3 Å². The Hall–Kier alpha value is -3.17. The Morgan fingerprint density at radius 3 is 2.41 bits per heavy atom. The molecule has 3 rings (SSSR count). The monoisotopic (exact) mass is 413 g/mol. The normalized spacial score (nSPS) is 12.6. The molecule has 0 fully saturated rings. The van der Waals surface area contributed by atoms with Crippen LogP contribution in [0.15, 0.2) is 47.4 Å². The molecule has 0 N–H and O–H groups in total. The zero-order valence-electron chi connectivity index (χ0n) is 14.9. The van der Waals surface area contributed by atoms with Crippen LogP contribution in [0.5, 0.6) is 0 Å². The zero-order valence-corrected chi connectivity index (χ0v) is 14.9. The number of hydrogen-bond acceptors (Lipinski definition) is 3. The highest BCUT2D eigenvalue weighted by Crippen LogP contribution is 2.30. The predicted octanol–water partition coefficient (Wildman–Crippen LogP) is 5.02. The largest absolute Gasteiger partial charge is 0.419 e. The van der Waals surface area contributed by atoms with Gasteiger partial charge in [0.25, 0.3) is 5.56 Å². The van der Waals surface area contributed by atoms with E-state index in [0.29, 0.717) is 12.4 Å². The summed E-state index contributed by atoms with van der Waals surface area (Å²) in [5.41, 5.74) is -2.50. The molecule has 29 heavy (non-hydrogen) atoms. The van der Waals surface area contributed by atoms with E-state index in [9.17, 15) is 31.1 Å². The molecule has 0 amide bonds. The number of nitrogens with zero attached hydrogens (tertiary/aromatic N) is 3. The summed E-state index contributed by atoms with van der Waals surface area (Å²) < 4.78 is 81.3. The second-order valence-electron chi connectivity index (χ2n) is 6.09. The third kappa shape index (κ3) is 4.01. The first-order chi connectivity index (χ1) is 13.6. The first-order valence-electron chi connectivity index (χ1n) is 8.38. The second-order valence-corrected chi connectivity index (χ2v) is 6.09. The van der Waals surface area contributed by atoms with Crippen LogP contribution in [0.25, 0.3) is 22.2 Å². The topological polar surface area (TPSA) is 47.8 Å². The fraction of sp³-hybridized carbons (Fsp3) is 0.211. The number of alkyl halides is 3. The molecule has 0 saturated heterocycles. The fourth-order valence-electron chi connectivity index (χ4n) is 2.64. The van der Waals surface area contributed by atoms with E-state index in [2.05, 4.69) is 9.97 Å². The SMILES string of the molecule is CC/C(F)=C/Cn1ccc2cc(-c3ncc(C(F)(F)F)cn3)c(F)c(F)c2c1=O. The quantitative estimate of drug-likeness (QED) is 0.565. The number of fused-ring (bicyclic) bond motifs is 1. The summed E-state index contributed by atoms with van der Waals surface area (Å²) in [6.07, 6.45) is -1.22. The van der Waals surface area contributed by atoms with Crippen molar-refractivity contribution in [1.82, 2.24) is 14.5 Å². The van der Waals surface area contributed by atoms with Crippen LogP contribution < -0.4 is 5.56 Å². The Morgan fingerprint density at radius 2 is 1.83 bits per heavy atom. The Bertz CT molecular complexity index is 1150. The molecule has 0 aliphatic carbocycles. The average Bonchev–Trinajstić information content (AvgIpc) is 2.69. The molecule has 0 atom stereocenters. The molecule has 1 aromatic carbocycles. The van der Waals surface area contributed by atoms with Crippen LogP contribution in [0, 0.1) is 11.6 Å². The minimum Gasteiger partial charge on any atom is -0.311 e. The third-order valence-corrected chi connectivity index (χ3v) is 4.21. The Balaban J connectivity index is 2.11. The Morgan fingerprint density at radius 1 is 1.17 bits per heavy atom.